The second-order valence-corrected chi connectivity index (χ2v) is 4.81. The second kappa shape index (κ2) is 6.00. The molecule has 20 heavy (non-hydrogen) atoms. The van der Waals surface area contributed by atoms with Crippen LogP contribution in [0.2, 0.25) is 0 Å². The molecule has 1 fully saturated rings. The Morgan fingerprint density at radius 2 is 2.25 bits per heavy atom. The van der Waals surface area contributed by atoms with Crippen LogP contribution in [0.15, 0.2) is 18.2 Å². The Morgan fingerprint density at radius 3 is 2.95 bits per heavy atom. The normalized spacial score (nSPS) is 18.9. The van der Waals surface area contributed by atoms with Crippen molar-refractivity contribution in [2.45, 2.75) is 19.4 Å². The molecule has 0 saturated carbocycles. The van der Waals surface area contributed by atoms with E-state index in [1.807, 2.05) is 0 Å². The summed E-state index contributed by atoms with van der Waals surface area (Å²) in [5.74, 6) is -2.09. The molecule has 0 aliphatic carbocycles. The molecule has 1 N–H and O–H groups in total. The van der Waals surface area contributed by atoms with Gasteiger partial charge in [-0.25, -0.2) is 4.39 Å². The predicted octanol–water partition coefficient (Wildman–Crippen LogP) is 1.45. The van der Waals surface area contributed by atoms with E-state index in [0.29, 0.717) is 6.61 Å². The maximum absolute atomic E-state index is 13.8. The quantitative estimate of drug-likeness (QED) is 0.910. The molecule has 6 heteroatoms. The third-order valence-corrected chi connectivity index (χ3v) is 3.25. The molecule has 1 heterocycles. The first-order valence-corrected chi connectivity index (χ1v) is 6.35. The maximum atomic E-state index is 13.8. The Labute approximate surface area is 116 Å². The maximum Gasteiger partial charge on any atom is 0.305 e. The van der Waals surface area contributed by atoms with Crippen LogP contribution >= 0.6 is 0 Å². The molecule has 0 aromatic heterocycles. The van der Waals surface area contributed by atoms with Crippen molar-refractivity contribution in [1.29, 1.82) is 0 Å². The van der Waals surface area contributed by atoms with Crippen LogP contribution in [0.4, 0.5) is 4.39 Å². The first-order valence-electron chi connectivity index (χ1n) is 6.35. The Bertz CT molecular complexity index is 532. The Balaban J connectivity index is 2.25. The third-order valence-electron chi connectivity index (χ3n) is 3.25. The first-order chi connectivity index (χ1) is 9.49. The van der Waals surface area contributed by atoms with E-state index in [1.165, 1.54) is 17.0 Å². The monoisotopic (exact) mass is 281 g/mol. The number of rotatable bonds is 3. The average molecular weight is 281 g/mol. The number of benzene rings is 1. The molecule has 108 valence electrons. The van der Waals surface area contributed by atoms with E-state index in [-0.39, 0.29) is 25.1 Å². The van der Waals surface area contributed by atoms with Gasteiger partial charge in [-0.05, 0) is 19.1 Å². The number of carbonyl (C=O) groups excluding carboxylic acids is 1. The summed E-state index contributed by atoms with van der Waals surface area (Å²) < 4.78 is 19.0. The standard InChI is InChI=1S/C14H16FNO4/c1-9-2-3-12(15)11(6-9)14(19)16-4-5-20-8-10(16)7-13(17)18/h2-3,6,10H,4-5,7-8H2,1H3,(H,17,18). The van der Waals surface area contributed by atoms with Crippen molar-refractivity contribution in [1.82, 2.24) is 4.90 Å². The molecule has 1 atom stereocenters. The van der Waals surface area contributed by atoms with E-state index >= 15 is 0 Å². The van der Waals surface area contributed by atoms with Crippen molar-refractivity contribution < 1.29 is 23.8 Å². The van der Waals surface area contributed by atoms with Gasteiger partial charge in [-0.1, -0.05) is 11.6 Å². The highest BCUT2D eigenvalue weighted by atomic mass is 19.1. The van der Waals surface area contributed by atoms with Gasteiger partial charge in [0.05, 0.1) is 31.2 Å². The zero-order valence-corrected chi connectivity index (χ0v) is 11.1. The summed E-state index contributed by atoms with van der Waals surface area (Å²) in [5, 5.41) is 8.87. The first kappa shape index (κ1) is 14.5. The van der Waals surface area contributed by atoms with Gasteiger partial charge >= 0.3 is 5.97 Å². The van der Waals surface area contributed by atoms with Crippen molar-refractivity contribution in [2.24, 2.45) is 0 Å². The largest absolute Gasteiger partial charge is 0.481 e. The van der Waals surface area contributed by atoms with Gasteiger partial charge in [0.1, 0.15) is 5.82 Å². The minimum absolute atomic E-state index is 0.0257. The smallest absolute Gasteiger partial charge is 0.305 e. The molecule has 1 aromatic carbocycles. The third kappa shape index (κ3) is 3.14. The summed E-state index contributed by atoms with van der Waals surface area (Å²) in [6, 6.07) is 3.74. The summed E-state index contributed by atoms with van der Waals surface area (Å²) in [4.78, 5) is 24.6. The Hall–Kier alpha value is -1.95. The van der Waals surface area contributed by atoms with E-state index in [2.05, 4.69) is 0 Å². The van der Waals surface area contributed by atoms with Crippen molar-refractivity contribution >= 4 is 11.9 Å². The topological polar surface area (TPSA) is 66.8 Å². The molecule has 0 bridgehead atoms. The zero-order chi connectivity index (χ0) is 14.7. The lowest BCUT2D eigenvalue weighted by Gasteiger charge is -2.35. The summed E-state index contributed by atoms with van der Waals surface area (Å²) in [6.45, 7) is 2.52. The Morgan fingerprint density at radius 1 is 1.50 bits per heavy atom. The minimum atomic E-state index is -1.01. The summed E-state index contributed by atoms with van der Waals surface area (Å²) in [7, 11) is 0. The predicted molar refractivity (Wildman–Crippen MR) is 69.0 cm³/mol. The number of morpholine rings is 1. The minimum Gasteiger partial charge on any atom is -0.481 e. The van der Waals surface area contributed by atoms with E-state index in [1.54, 1.807) is 13.0 Å². The van der Waals surface area contributed by atoms with Gasteiger partial charge in [0.25, 0.3) is 5.91 Å². The van der Waals surface area contributed by atoms with Crippen molar-refractivity contribution in [3.05, 3.63) is 35.1 Å². The van der Waals surface area contributed by atoms with Crippen LogP contribution in [0, 0.1) is 12.7 Å². The highest BCUT2D eigenvalue weighted by Gasteiger charge is 2.30. The van der Waals surface area contributed by atoms with E-state index in [4.69, 9.17) is 9.84 Å². The molecule has 1 aromatic rings. The van der Waals surface area contributed by atoms with Crippen LogP contribution < -0.4 is 0 Å². The van der Waals surface area contributed by atoms with Gasteiger partial charge in [-0.3, -0.25) is 9.59 Å². The van der Waals surface area contributed by atoms with Crippen LogP contribution in [-0.4, -0.2) is 47.7 Å². The molecule has 1 aliphatic heterocycles. The lowest BCUT2D eigenvalue weighted by Crippen LogP contribution is -2.49. The molecule has 1 unspecified atom stereocenters. The van der Waals surface area contributed by atoms with Crippen LogP contribution in [0.3, 0.4) is 0 Å². The summed E-state index contributed by atoms with van der Waals surface area (Å²) >= 11 is 0. The zero-order valence-electron chi connectivity index (χ0n) is 11.1. The number of nitrogens with zero attached hydrogens (tertiary/aromatic N) is 1. The fraction of sp³-hybridized carbons (Fsp3) is 0.429. The highest BCUT2D eigenvalue weighted by molar-refractivity contribution is 5.95. The molecule has 0 spiro atoms. The van der Waals surface area contributed by atoms with Gasteiger partial charge in [0, 0.05) is 6.54 Å². The van der Waals surface area contributed by atoms with Crippen molar-refractivity contribution in [3.63, 3.8) is 0 Å². The molecule has 1 aliphatic rings. The van der Waals surface area contributed by atoms with Crippen LogP contribution in [0.25, 0.3) is 0 Å². The van der Waals surface area contributed by atoms with Gasteiger partial charge in [-0.15, -0.1) is 0 Å². The van der Waals surface area contributed by atoms with Gasteiger partial charge in [0.15, 0.2) is 0 Å². The average Bonchev–Trinajstić information content (AvgIpc) is 2.41. The van der Waals surface area contributed by atoms with Crippen LogP contribution in [-0.2, 0) is 9.53 Å². The molecule has 1 amide bonds. The Kier molecular flexibility index (Phi) is 4.34. The lowest BCUT2D eigenvalue weighted by atomic mass is 10.1. The van der Waals surface area contributed by atoms with Crippen molar-refractivity contribution in [3.8, 4) is 0 Å². The number of carboxylic acid groups (broad SMARTS) is 1. The number of ether oxygens (including phenoxy) is 1. The number of carboxylic acids is 1. The molecule has 2 rings (SSSR count). The van der Waals surface area contributed by atoms with Crippen LogP contribution in [0.5, 0.6) is 0 Å². The van der Waals surface area contributed by atoms with Gasteiger partial charge in [-0.2, -0.15) is 0 Å². The fourth-order valence-corrected chi connectivity index (χ4v) is 2.25. The number of carbonyl (C=O) groups is 2. The van der Waals surface area contributed by atoms with E-state index in [0.717, 1.165) is 5.56 Å². The summed E-state index contributed by atoms with van der Waals surface area (Å²) in [6.07, 6.45) is -0.209. The molecule has 5 nitrogen and oxygen atoms in total. The lowest BCUT2D eigenvalue weighted by molar-refractivity contribution is -0.139. The van der Waals surface area contributed by atoms with Crippen LogP contribution in [0.1, 0.15) is 22.3 Å². The molecular formula is C14H16FNO4. The number of amides is 1. The molecular weight excluding hydrogens is 265 g/mol. The van der Waals surface area contributed by atoms with E-state index < -0.39 is 23.7 Å². The van der Waals surface area contributed by atoms with Gasteiger partial charge < -0.3 is 14.7 Å². The SMILES string of the molecule is Cc1ccc(F)c(C(=O)N2CCOCC2CC(=O)O)c1. The second-order valence-electron chi connectivity index (χ2n) is 4.81. The van der Waals surface area contributed by atoms with Crippen molar-refractivity contribution in [2.75, 3.05) is 19.8 Å². The summed E-state index contributed by atoms with van der Waals surface area (Å²) in [5.41, 5.74) is 0.750. The fourth-order valence-electron chi connectivity index (χ4n) is 2.25. The number of aryl methyl sites for hydroxylation is 1. The van der Waals surface area contributed by atoms with E-state index in [9.17, 15) is 14.0 Å². The number of aliphatic carboxylic acids is 1. The highest BCUT2D eigenvalue weighted by Crippen LogP contribution is 2.18. The number of hydrogen-bond acceptors (Lipinski definition) is 3. The number of halogens is 1. The molecule has 1 saturated heterocycles. The molecule has 0 radical (unpaired) electrons. The number of hydrogen-bond donors (Lipinski definition) is 1. The van der Waals surface area contributed by atoms with Gasteiger partial charge in [0.2, 0.25) is 0 Å².